The van der Waals surface area contributed by atoms with Crippen LogP contribution in [0.4, 0.5) is 8.63 Å². The van der Waals surface area contributed by atoms with Crippen molar-refractivity contribution in [3.05, 3.63) is 76.2 Å². The summed E-state index contributed by atoms with van der Waals surface area (Å²) in [5.41, 5.74) is 9.59. The molecule has 29 heavy (non-hydrogen) atoms. The second kappa shape index (κ2) is 7.32. The summed E-state index contributed by atoms with van der Waals surface area (Å²) in [4.78, 5) is 0. The highest BCUT2D eigenvalue weighted by Gasteiger charge is 2.53. The third-order valence-corrected chi connectivity index (χ3v) is 5.72. The molecule has 0 saturated heterocycles. The van der Waals surface area contributed by atoms with Crippen LogP contribution in [0.25, 0.3) is 11.6 Å². The summed E-state index contributed by atoms with van der Waals surface area (Å²) in [6, 6.07) is 8.74. The number of rotatable bonds is 5. The van der Waals surface area contributed by atoms with E-state index in [4.69, 9.17) is 22.1 Å². The Labute approximate surface area is 173 Å². The molecule has 1 aromatic carbocycles. The Morgan fingerprint density at radius 2 is 2.03 bits per heavy atom. The highest BCUT2D eigenvalue weighted by molar-refractivity contribution is 6.58. The van der Waals surface area contributed by atoms with Crippen LogP contribution >= 0.6 is 11.6 Å². The van der Waals surface area contributed by atoms with E-state index in [1.165, 1.54) is 13.3 Å². The quantitative estimate of drug-likeness (QED) is 0.727. The topological polar surface area (TPSA) is 43.2 Å². The number of methoxy groups -OCH3 is 1. The van der Waals surface area contributed by atoms with Crippen molar-refractivity contribution in [2.24, 2.45) is 5.73 Å². The lowest BCUT2D eigenvalue weighted by Crippen LogP contribution is -2.50. The standard InChI is InChI=1S/C21H21BClF2N3O/c1-14-13-16(9-8-15-5-3-7-19(29-2)20(15)23)28-21(14)17(10-11-26)18-6-4-12-27(18)22(28,24)25/h3-9,12-13H,10-11,26H2,1-2H3/b9-8+. The molecule has 0 aliphatic carbocycles. The fourth-order valence-corrected chi connectivity index (χ4v) is 4.34. The van der Waals surface area contributed by atoms with Crippen molar-refractivity contribution in [2.75, 3.05) is 13.7 Å². The number of ether oxygens (including phenoxy) is 1. The molecule has 8 heteroatoms. The number of aromatic nitrogens is 1. The van der Waals surface area contributed by atoms with E-state index in [2.05, 4.69) is 0 Å². The Kier molecular flexibility index (Phi) is 4.96. The zero-order valence-electron chi connectivity index (χ0n) is 16.2. The first-order chi connectivity index (χ1) is 13.9. The van der Waals surface area contributed by atoms with E-state index >= 15 is 8.63 Å². The van der Waals surface area contributed by atoms with E-state index in [0.29, 0.717) is 46.4 Å². The van der Waals surface area contributed by atoms with Gasteiger partial charge in [0.15, 0.2) is 11.4 Å². The highest BCUT2D eigenvalue weighted by Crippen LogP contribution is 2.40. The Hall–Kier alpha value is -2.64. The molecule has 0 bridgehead atoms. The summed E-state index contributed by atoms with van der Waals surface area (Å²) in [7, 11) is 1.54. The van der Waals surface area contributed by atoms with Crippen molar-refractivity contribution in [1.82, 2.24) is 4.48 Å². The number of benzene rings is 1. The van der Waals surface area contributed by atoms with Gasteiger partial charge in [0.1, 0.15) is 5.75 Å². The molecule has 150 valence electrons. The number of fused-ring (bicyclic) bond motifs is 2. The van der Waals surface area contributed by atoms with Crippen molar-refractivity contribution in [1.29, 1.82) is 0 Å². The third-order valence-electron chi connectivity index (χ3n) is 5.32. The average molecular weight is 416 g/mol. The van der Waals surface area contributed by atoms with Gasteiger partial charge in [0.25, 0.3) is 0 Å². The number of nitrogens with zero attached hydrogens (tertiary/aromatic N) is 2. The molecule has 2 aromatic rings. The molecule has 4 rings (SSSR count). The third kappa shape index (κ3) is 3.05. The van der Waals surface area contributed by atoms with Crippen LogP contribution in [0.5, 0.6) is 5.75 Å². The van der Waals surface area contributed by atoms with Crippen LogP contribution in [0.2, 0.25) is 5.02 Å². The number of allylic oxidation sites excluding steroid dienone is 3. The Morgan fingerprint density at radius 1 is 1.24 bits per heavy atom. The molecular formula is C21H21BClF2N3O. The van der Waals surface area contributed by atoms with Gasteiger partial charge in [0, 0.05) is 29.0 Å². The first kappa shape index (κ1) is 19.7. The van der Waals surface area contributed by atoms with Crippen molar-refractivity contribution in [3.63, 3.8) is 0 Å². The molecule has 0 fully saturated rings. The van der Waals surface area contributed by atoms with E-state index in [9.17, 15) is 0 Å². The van der Waals surface area contributed by atoms with Gasteiger partial charge in [-0.05, 0) is 55.9 Å². The molecule has 2 aliphatic rings. The maximum Gasteiger partial charge on any atom is 0.737 e. The SMILES string of the molecule is COc1cccc(/C=C/C2=[N+]3C(=C(CCN)c4cccn4[B-]3(F)F)C(C)=C2)c1Cl. The smallest absolute Gasteiger partial charge is 0.495 e. The first-order valence-electron chi connectivity index (χ1n) is 9.38. The van der Waals surface area contributed by atoms with Crippen molar-refractivity contribution < 1.29 is 17.9 Å². The van der Waals surface area contributed by atoms with E-state index in [1.807, 2.05) is 13.0 Å². The Balaban J connectivity index is 1.88. The van der Waals surface area contributed by atoms with Gasteiger partial charge >= 0.3 is 6.97 Å². The fraction of sp³-hybridized carbons (Fsp3) is 0.190. The Morgan fingerprint density at radius 3 is 2.76 bits per heavy atom. The summed E-state index contributed by atoms with van der Waals surface area (Å²) < 4.78 is 38.4. The van der Waals surface area contributed by atoms with Gasteiger partial charge in [-0.1, -0.05) is 23.7 Å². The summed E-state index contributed by atoms with van der Waals surface area (Å²) >= 11 is 6.35. The molecule has 0 unspecified atom stereocenters. The zero-order chi connectivity index (χ0) is 20.8. The lowest BCUT2D eigenvalue weighted by molar-refractivity contribution is -0.362. The second-order valence-electron chi connectivity index (χ2n) is 7.07. The maximum absolute atomic E-state index is 15.5. The number of nitrogens with two attached hydrogens (primary N) is 1. The minimum Gasteiger partial charge on any atom is -0.495 e. The van der Waals surface area contributed by atoms with E-state index in [1.54, 1.807) is 42.5 Å². The predicted octanol–water partition coefficient (Wildman–Crippen LogP) is 4.57. The number of hydrogen-bond donors (Lipinski definition) is 1. The highest BCUT2D eigenvalue weighted by atomic mass is 35.5. The molecule has 0 radical (unpaired) electrons. The normalized spacial score (nSPS) is 17.7. The second-order valence-corrected chi connectivity index (χ2v) is 7.45. The van der Waals surface area contributed by atoms with Crippen LogP contribution in [-0.4, -0.2) is 35.3 Å². The number of hydrogen-bond acceptors (Lipinski definition) is 2. The molecule has 0 atom stereocenters. The van der Waals surface area contributed by atoms with Gasteiger partial charge < -0.3 is 28.1 Å². The molecule has 3 heterocycles. The molecule has 0 spiro atoms. The molecule has 1 aromatic heterocycles. The average Bonchev–Trinajstić information content (AvgIpc) is 3.31. The summed E-state index contributed by atoms with van der Waals surface area (Å²) in [5.74, 6) is 0.535. The van der Waals surface area contributed by atoms with Gasteiger partial charge in [0.05, 0.1) is 12.1 Å². The van der Waals surface area contributed by atoms with Gasteiger partial charge in [-0.15, -0.1) is 0 Å². The minimum absolute atomic E-state index is 0.383. The van der Waals surface area contributed by atoms with Crippen molar-refractivity contribution in [3.8, 4) is 5.75 Å². The lowest BCUT2D eigenvalue weighted by Gasteiger charge is -2.32. The van der Waals surface area contributed by atoms with Gasteiger partial charge in [0.2, 0.25) is 0 Å². The molecular weight excluding hydrogens is 395 g/mol. The van der Waals surface area contributed by atoms with Gasteiger partial charge in [-0.3, -0.25) is 0 Å². The van der Waals surface area contributed by atoms with Crippen molar-refractivity contribution >= 4 is 35.9 Å². The van der Waals surface area contributed by atoms with Crippen LogP contribution in [0, 0.1) is 0 Å². The van der Waals surface area contributed by atoms with E-state index < -0.39 is 6.97 Å². The van der Waals surface area contributed by atoms with Crippen LogP contribution in [0.1, 0.15) is 24.6 Å². The molecule has 0 amide bonds. The molecule has 2 N–H and O–H groups in total. The monoisotopic (exact) mass is 415 g/mol. The molecule has 0 saturated carbocycles. The van der Waals surface area contributed by atoms with Gasteiger partial charge in [-0.25, -0.2) is 0 Å². The van der Waals surface area contributed by atoms with E-state index in [0.717, 1.165) is 20.1 Å². The van der Waals surface area contributed by atoms with Crippen LogP contribution in [-0.2, 0) is 0 Å². The fourth-order valence-electron chi connectivity index (χ4n) is 4.07. The first-order valence-corrected chi connectivity index (χ1v) is 9.76. The van der Waals surface area contributed by atoms with Crippen molar-refractivity contribution in [2.45, 2.75) is 13.3 Å². The zero-order valence-corrected chi connectivity index (χ0v) is 17.0. The van der Waals surface area contributed by atoms with Crippen LogP contribution < -0.4 is 10.5 Å². The maximum atomic E-state index is 15.5. The Bertz CT molecular complexity index is 1110. The summed E-state index contributed by atoms with van der Waals surface area (Å²) in [6.07, 6.45) is 7.12. The van der Waals surface area contributed by atoms with Gasteiger partial charge in [-0.2, -0.15) is 0 Å². The summed E-state index contributed by atoms with van der Waals surface area (Å²) in [5, 5.41) is 0.439. The number of halogens is 3. The molecule has 2 aliphatic heterocycles. The van der Waals surface area contributed by atoms with E-state index in [-0.39, 0.29) is 0 Å². The molecule has 4 nitrogen and oxygen atoms in total. The predicted molar refractivity (Wildman–Crippen MR) is 114 cm³/mol. The largest absolute Gasteiger partial charge is 0.737 e. The summed E-state index contributed by atoms with van der Waals surface area (Å²) in [6.45, 7) is -1.79. The van der Waals surface area contributed by atoms with Crippen LogP contribution in [0.3, 0.4) is 0 Å². The lowest BCUT2D eigenvalue weighted by atomic mass is 9.86. The van der Waals surface area contributed by atoms with Crippen LogP contribution in [0.15, 0.2) is 60.0 Å². The minimum atomic E-state index is -4.02.